The van der Waals surface area contributed by atoms with Gasteiger partial charge in [-0.1, -0.05) is 13.0 Å². The Bertz CT molecular complexity index is 905. The zero-order valence-corrected chi connectivity index (χ0v) is 17.8. The van der Waals surface area contributed by atoms with Crippen LogP contribution in [0.15, 0.2) is 36.8 Å². The van der Waals surface area contributed by atoms with Gasteiger partial charge in [0.05, 0.1) is 19.2 Å². The maximum Gasteiger partial charge on any atom is 0.259 e. The third-order valence-electron chi connectivity index (χ3n) is 5.51. The van der Waals surface area contributed by atoms with Crippen molar-refractivity contribution in [2.75, 3.05) is 26.7 Å². The Balaban J connectivity index is 2.05. The molecule has 0 spiro atoms. The molecular weight excluding hydrogens is 384 g/mol. The van der Waals surface area contributed by atoms with Gasteiger partial charge in [-0.2, -0.15) is 0 Å². The van der Waals surface area contributed by atoms with Crippen LogP contribution in [-0.4, -0.2) is 75.6 Å². The highest BCUT2D eigenvalue weighted by atomic mass is 16.5. The first-order chi connectivity index (χ1) is 14.3. The molecule has 0 bridgehead atoms. The van der Waals surface area contributed by atoms with Crippen molar-refractivity contribution in [1.29, 1.82) is 0 Å². The summed E-state index contributed by atoms with van der Waals surface area (Å²) in [5.74, 6) is -0.145. The molecule has 2 amide bonds. The van der Waals surface area contributed by atoms with Crippen molar-refractivity contribution >= 4 is 11.8 Å². The van der Waals surface area contributed by atoms with E-state index in [2.05, 4.69) is 9.97 Å². The van der Waals surface area contributed by atoms with Crippen LogP contribution in [0, 0.1) is 5.92 Å². The average Bonchev–Trinajstić information content (AvgIpc) is 2.75. The van der Waals surface area contributed by atoms with E-state index in [1.807, 2.05) is 26.0 Å². The second kappa shape index (κ2) is 9.21. The minimum atomic E-state index is -0.362. The van der Waals surface area contributed by atoms with Crippen LogP contribution in [0.3, 0.4) is 0 Å². The lowest BCUT2D eigenvalue weighted by molar-refractivity contribution is -0.129. The Hall–Kier alpha value is -3.00. The molecule has 2 aromatic heterocycles. The molecule has 160 valence electrons. The summed E-state index contributed by atoms with van der Waals surface area (Å²) in [6.45, 7) is 5.90. The Morgan fingerprint density at radius 2 is 2.17 bits per heavy atom. The molecule has 0 aliphatic carbocycles. The van der Waals surface area contributed by atoms with E-state index < -0.39 is 0 Å². The molecule has 0 saturated carbocycles. The number of hydrogen-bond acceptors (Lipinski definition) is 6. The summed E-state index contributed by atoms with van der Waals surface area (Å²) in [5, 5.41) is 9.72. The summed E-state index contributed by atoms with van der Waals surface area (Å²) < 4.78 is 6.16. The Morgan fingerprint density at radius 3 is 2.80 bits per heavy atom. The van der Waals surface area contributed by atoms with Gasteiger partial charge in [0, 0.05) is 56.2 Å². The lowest BCUT2D eigenvalue weighted by Crippen LogP contribution is -2.50. The number of aliphatic hydroxyl groups excluding tert-OH is 1. The van der Waals surface area contributed by atoms with Crippen molar-refractivity contribution < 1.29 is 19.4 Å². The van der Waals surface area contributed by atoms with E-state index in [1.165, 1.54) is 6.92 Å². The minimum absolute atomic E-state index is 0.0652. The molecule has 1 aliphatic rings. The Morgan fingerprint density at radius 1 is 1.40 bits per heavy atom. The zero-order valence-electron chi connectivity index (χ0n) is 17.8. The van der Waals surface area contributed by atoms with Gasteiger partial charge in [0.25, 0.3) is 5.91 Å². The normalized spacial score (nSPS) is 19.9. The van der Waals surface area contributed by atoms with Crippen molar-refractivity contribution in [1.82, 2.24) is 19.8 Å². The first-order valence-electron chi connectivity index (χ1n) is 10.0. The molecule has 3 atom stereocenters. The average molecular weight is 412 g/mol. The highest BCUT2D eigenvalue weighted by molar-refractivity contribution is 5.98. The number of pyridine rings is 2. The number of carbonyl (C=O) groups excluding carboxylic acids is 2. The lowest BCUT2D eigenvalue weighted by atomic mass is 9.99. The maximum atomic E-state index is 13.4. The predicted molar refractivity (Wildman–Crippen MR) is 112 cm³/mol. The second-order valence-electron chi connectivity index (χ2n) is 7.84. The third-order valence-corrected chi connectivity index (χ3v) is 5.51. The smallest absolute Gasteiger partial charge is 0.259 e. The third kappa shape index (κ3) is 4.59. The van der Waals surface area contributed by atoms with Crippen molar-refractivity contribution in [2.45, 2.75) is 32.9 Å². The first kappa shape index (κ1) is 21.7. The molecule has 3 rings (SSSR count). The summed E-state index contributed by atoms with van der Waals surface area (Å²) in [6, 6.07) is 5.10. The van der Waals surface area contributed by atoms with E-state index in [9.17, 15) is 14.7 Å². The van der Waals surface area contributed by atoms with E-state index in [0.29, 0.717) is 18.7 Å². The van der Waals surface area contributed by atoms with Gasteiger partial charge in [-0.05, 0) is 19.1 Å². The second-order valence-corrected chi connectivity index (χ2v) is 7.84. The molecular formula is C22H28N4O4. The molecule has 0 saturated heterocycles. The highest BCUT2D eigenvalue weighted by Crippen LogP contribution is 2.30. The van der Waals surface area contributed by atoms with Crippen LogP contribution in [0.2, 0.25) is 0 Å². The first-order valence-corrected chi connectivity index (χ1v) is 10.0. The van der Waals surface area contributed by atoms with Gasteiger partial charge in [0.2, 0.25) is 11.8 Å². The van der Waals surface area contributed by atoms with Crippen LogP contribution in [0.5, 0.6) is 5.88 Å². The van der Waals surface area contributed by atoms with Crippen LogP contribution in [0.4, 0.5) is 0 Å². The van der Waals surface area contributed by atoms with Crippen molar-refractivity contribution in [2.24, 2.45) is 5.92 Å². The SMILES string of the molecule is CC(=O)N(C)C[C@H]1Oc2ncc(-c3cccnc3)cc2C(=O)N([C@@H](C)CO)C[C@H]1C. The molecule has 8 nitrogen and oxygen atoms in total. The molecule has 30 heavy (non-hydrogen) atoms. The fraction of sp³-hybridized carbons (Fsp3) is 0.455. The number of amides is 2. The number of carbonyl (C=O) groups is 2. The number of likely N-dealkylation sites (N-methyl/N-ethyl adjacent to an activating group) is 1. The molecule has 1 N–H and O–H groups in total. The molecule has 0 aromatic carbocycles. The number of aromatic nitrogens is 2. The summed E-state index contributed by atoms with van der Waals surface area (Å²) in [6.07, 6.45) is 4.69. The topological polar surface area (TPSA) is 95.9 Å². The number of aliphatic hydroxyl groups is 1. The largest absolute Gasteiger partial charge is 0.472 e. The molecule has 2 aromatic rings. The van der Waals surface area contributed by atoms with Gasteiger partial charge >= 0.3 is 0 Å². The van der Waals surface area contributed by atoms with Gasteiger partial charge in [-0.3, -0.25) is 14.6 Å². The standard InChI is InChI=1S/C22H28N4O4/c1-14-11-26(15(2)13-27)22(29)19-8-18(17-6-5-7-23-9-17)10-24-21(19)30-20(14)12-25(4)16(3)28/h5-10,14-15,20,27H,11-13H2,1-4H3/t14-,15+,20-/m1/s1. The summed E-state index contributed by atoms with van der Waals surface area (Å²) in [4.78, 5) is 36.9. The van der Waals surface area contributed by atoms with E-state index in [1.54, 1.807) is 41.5 Å². The van der Waals surface area contributed by atoms with Crippen molar-refractivity contribution in [3.05, 3.63) is 42.4 Å². The molecule has 8 heteroatoms. The van der Waals surface area contributed by atoms with Gasteiger partial charge < -0.3 is 19.6 Å². The summed E-state index contributed by atoms with van der Waals surface area (Å²) in [5.41, 5.74) is 1.92. The summed E-state index contributed by atoms with van der Waals surface area (Å²) >= 11 is 0. The van der Waals surface area contributed by atoms with Crippen LogP contribution < -0.4 is 4.74 Å². The summed E-state index contributed by atoms with van der Waals surface area (Å²) in [7, 11) is 1.72. The van der Waals surface area contributed by atoms with Crippen molar-refractivity contribution in [3.63, 3.8) is 0 Å². The molecule has 0 fully saturated rings. The Kier molecular flexibility index (Phi) is 6.66. The molecule has 1 aliphatic heterocycles. The number of ether oxygens (including phenoxy) is 1. The molecule has 0 unspecified atom stereocenters. The number of nitrogens with zero attached hydrogens (tertiary/aromatic N) is 4. The highest BCUT2D eigenvalue weighted by Gasteiger charge is 2.34. The van der Waals surface area contributed by atoms with E-state index in [4.69, 9.17) is 4.74 Å². The predicted octanol–water partition coefficient (Wildman–Crippen LogP) is 1.84. The quantitative estimate of drug-likeness (QED) is 0.805. The van der Waals surface area contributed by atoms with Gasteiger partial charge in [0.1, 0.15) is 11.7 Å². The molecule has 3 heterocycles. The number of hydrogen-bond donors (Lipinski definition) is 1. The van der Waals surface area contributed by atoms with Crippen molar-refractivity contribution in [3.8, 4) is 17.0 Å². The van der Waals surface area contributed by atoms with Crippen LogP contribution in [0.1, 0.15) is 31.1 Å². The van der Waals surface area contributed by atoms with Crippen LogP contribution in [0.25, 0.3) is 11.1 Å². The van der Waals surface area contributed by atoms with Gasteiger partial charge in [-0.25, -0.2) is 4.98 Å². The number of rotatable bonds is 5. The van der Waals surface area contributed by atoms with Gasteiger partial charge in [0.15, 0.2) is 0 Å². The fourth-order valence-electron chi connectivity index (χ4n) is 3.41. The molecule has 0 radical (unpaired) electrons. The van der Waals surface area contributed by atoms with Crippen LogP contribution in [-0.2, 0) is 4.79 Å². The lowest BCUT2D eigenvalue weighted by Gasteiger charge is -2.37. The van der Waals surface area contributed by atoms with Gasteiger partial charge in [-0.15, -0.1) is 0 Å². The van der Waals surface area contributed by atoms with Crippen LogP contribution >= 0.6 is 0 Å². The maximum absolute atomic E-state index is 13.4. The minimum Gasteiger partial charge on any atom is -0.472 e. The monoisotopic (exact) mass is 412 g/mol. The zero-order chi connectivity index (χ0) is 21.8. The van der Waals surface area contributed by atoms with E-state index >= 15 is 0 Å². The number of fused-ring (bicyclic) bond motifs is 1. The van der Waals surface area contributed by atoms with E-state index in [0.717, 1.165) is 11.1 Å². The fourth-order valence-corrected chi connectivity index (χ4v) is 3.41. The van der Waals surface area contributed by atoms with E-state index in [-0.39, 0.29) is 42.4 Å². The Labute approximate surface area is 176 Å².